The predicted octanol–water partition coefficient (Wildman–Crippen LogP) is 2.97. The fraction of sp³-hybridized carbons (Fsp3) is 0.286. The molecule has 1 N–H and O–H groups in total. The number of nitrogens with one attached hydrogen (secondary N) is 1. The van der Waals surface area contributed by atoms with Crippen LogP contribution >= 0.6 is 0 Å². The largest absolute Gasteiger partial charge is 0.481 e. The zero-order valence-electron chi connectivity index (χ0n) is 10.7. The van der Waals surface area contributed by atoms with E-state index in [2.05, 4.69) is 22.2 Å². The molecule has 0 atom stereocenters. The van der Waals surface area contributed by atoms with E-state index in [-0.39, 0.29) is 0 Å². The Kier molecular flexibility index (Phi) is 4.12. The first-order chi connectivity index (χ1) is 8.83. The van der Waals surface area contributed by atoms with Gasteiger partial charge in [-0.15, -0.1) is 0 Å². The van der Waals surface area contributed by atoms with Gasteiger partial charge in [0.05, 0.1) is 12.8 Å². The van der Waals surface area contributed by atoms with Crippen molar-refractivity contribution in [3.8, 4) is 17.1 Å². The summed E-state index contributed by atoms with van der Waals surface area (Å²) in [5, 5.41) is 3.28. The highest BCUT2D eigenvalue weighted by Crippen LogP contribution is 2.21. The van der Waals surface area contributed by atoms with Crippen molar-refractivity contribution in [2.24, 2.45) is 0 Å². The monoisotopic (exact) mass is 243 g/mol. The SMILES string of the molecule is CCCNc1cccc(-c2ccnc(OC)c2)n1. The van der Waals surface area contributed by atoms with Crippen LogP contribution in [0.1, 0.15) is 13.3 Å². The standard InChI is InChI=1S/C14H17N3O/c1-3-8-15-13-6-4-5-12(17-13)11-7-9-16-14(10-11)18-2/h4-7,9-10H,3,8H2,1-2H3,(H,15,17). The van der Waals surface area contributed by atoms with Crippen LogP contribution in [0, 0.1) is 0 Å². The topological polar surface area (TPSA) is 47.0 Å². The Morgan fingerprint density at radius 2 is 2.17 bits per heavy atom. The lowest BCUT2D eigenvalue weighted by atomic mass is 10.2. The van der Waals surface area contributed by atoms with Gasteiger partial charge in [-0.3, -0.25) is 0 Å². The summed E-state index contributed by atoms with van der Waals surface area (Å²) in [6.07, 6.45) is 2.80. The van der Waals surface area contributed by atoms with Gasteiger partial charge in [-0.2, -0.15) is 0 Å². The third-order valence-electron chi connectivity index (χ3n) is 2.54. The quantitative estimate of drug-likeness (QED) is 0.877. The number of ether oxygens (including phenoxy) is 1. The molecule has 4 nitrogen and oxygen atoms in total. The molecular formula is C14H17N3O. The van der Waals surface area contributed by atoms with Gasteiger partial charge in [-0.05, 0) is 24.6 Å². The van der Waals surface area contributed by atoms with Gasteiger partial charge in [-0.25, -0.2) is 9.97 Å². The Balaban J connectivity index is 2.26. The molecule has 2 aromatic heterocycles. The third-order valence-corrected chi connectivity index (χ3v) is 2.54. The maximum Gasteiger partial charge on any atom is 0.213 e. The summed E-state index contributed by atoms with van der Waals surface area (Å²) in [6.45, 7) is 3.06. The number of hydrogen-bond donors (Lipinski definition) is 1. The average Bonchev–Trinajstić information content (AvgIpc) is 2.45. The van der Waals surface area contributed by atoms with E-state index in [0.29, 0.717) is 5.88 Å². The van der Waals surface area contributed by atoms with Crippen LogP contribution in [0.3, 0.4) is 0 Å². The summed E-state index contributed by atoms with van der Waals surface area (Å²) in [5.74, 6) is 1.49. The molecule has 94 valence electrons. The molecule has 0 aromatic carbocycles. The van der Waals surface area contributed by atoms with E-state index in [1.165, 1.54) is 0 Å². The first-order valence-corrected chi connectivity index (χ1v) is 6.05. The smallest absolute Gasteiger partial charge is 0.213 e. The predicted molar refractivity (Wildman–Crippen MR) is 72.8 cm³/mol. The van der Waals surface area contributed by atoms with Gasteiger partial charge in [0.25, 0.3) is 0 Å². The lowest BCUT2D eigenvalue weighted by Crippen LogP contribution is -2.02. The highest BCUT2D eigenvalue weighted by Gasteiger charge is 2.02. The van der Waals surface area contributed by atoms with Gasteiger partial charge >= 0.3 is 0 Å². The van der Waals surface area contributed by atoms with E-state index in [1.54, 1.807) is 13.3 Å². The second-order valence-electron chi connectivity index (χ2n) is 3.92. The van der Waals surface area contributed by atoms with Crippen molar-refractivity contribution < 1.29 is 4.74 Å². The fourth-order valence-corrected chi connectivity index (χ4v) is 1.63. The molecule has 0 bridgehead atoms. The van der Waals surface area contributed by atoms with E-state index in [9.17, 15) is 0 Å². The molecule has 2 aromatic rings. The Morgan fingerprint density at radius 1 is 1.28 bits per heavy atom. The summed E-state index contributed by atoms with van der Waals surface area (Å²) in [6, 6.07) is 9.75. The molecule has 0 radical (unpaired) electrons. The molecule has 2 heterocycles. The van der Waals surface area contributed by atoms with Crippen molar-refractivity contribution in [3.05, 3.63) is 36.5 Å². The minimum Gasteiger partial charge on any atom is -0.481 e. The highest BCUT2D eigenvalue weighted by molar-refractivity contribution is 5.61. The molecule has 0 aliphatic rings. The minimum absolute atomic E-state index is 0.598. The molecule has 0 amide bonds. The average molecular weight is 243 g/mol. The van der Waals surface area contributed by atoms with Crippen molar-refractivity contribution >= 4 is 5.82 Å². The van der Waals surface area contributed by atoms with Crippen molar-refractivity contribution in [1.82, 2.24) is 9.97 Å². The summed E-state index contributed by atoms with van der Waals surface area (Å²) >= 11 is 0. The summed E-state index contributed by atoms with van der Waals surface area (Å²) in [7, 11) is 1.61. The van der Waals surface area contributed by atoms with Crippen molar-refractivity contribution in [2.45, 2.75) is 13.3 Å². The first-order valence-electron chi connectivity index (χ1n) is 6.05. The summed E-state index contributed by atoms with van der Waals surface area (Å²) in [5.41, 5.74) is 1.92. The van der Waals surface area contributed by atoms with Crippen LogP contribution in [0.25, 0.3) is 11.3 Å². The van der Waals surface area contributed by atoms with Gasteiger partial charge in [0.2, 0.25) is 5.88 Å². The van der Waals surface area contributed by atoms with Gasteiger partial charge in [0, 0.05) is 24.4 Å². The van der Waals surface area contributed by atoms with Crippen LogP contribution in [-0.4, -0.2) is 23.6 Å². The van der Waals surface area contributed by atoms with Gasteiger partial charge in [0.15, 0.2) is 0 Å². The number of hydrogen-bond acceptors (Lipinski definition) is 4. The van der Waals surface area contributed by atoms with Crippen LogP contribution in [0.2, 0.25) is 0 Å². The number of rotatable bonds is 5. The highest BCUT2D eigenvalue weighted by atomic mass is 16.5. The molecule has 0 saturated heterocycles. The van der Waals surface area contributed by atoms with Gasteiger partial charge in [0.1, 0.15) is 5.82 Å². The summed E-state index contributed by atoms with van der Waals surface area (Å²) < 4.78 is 5.12. The molecule has 0 fully saturated rings. The molecular weight excluding hydrogens is 226 g/mol. The number of anilines is 1. The Labute approximate surface area is 107 Å². The van der Waals surface area contributed by atoms with Crippen molar-refractivity contribution in [2.75, 3.05) is 19.0 Å². The van der Waals surface area contributed by atoms with Crippen LogP contribution in [0.4, 0.5) is 5.82 Å². The van der Waals surface area contributed by atoms with E-state index >= 15 is 0 Å². The molecule has 4 heteroatoms. The summed E-state index contributed by atoms with van der Waals surface area (Å²) in [4.78, 5) is 8.65. The molecule has 0 saturated carbocycles. The zero-order chi connectivity index (χ0) is 12.8. The number of nitrogens with zero attached hydrogens (tertiary/aromatic N) is 2. The maximum absolute atomic E-state index is 5.12. The van der Waals surface area contributed by atoms with E-state index in [4.69, 9.17) is 4.74 Å². The van der Waals surface area contributed by atoms with Crippen molar-refractivity contribution in [1.29, 1.82) is 0 Å². The number of pyridine rings is 2. The van der Waals surface area contributed by atoms with E-state index < -0.39 is 0 Å². The Hall–Kier alpha value is -2.10. The minimum atomic E-state index is 0.598. The van der Waals surface area contributed by atoms with E-state index in [1.807, 2.05) is 30.3 Å². The second kappa shape index (κ2) is 6.00. The molecule has 0 aliphatic carbocycles. The second-order valence-corrected chi connectivity index (χ2v) is 3.92. The molecule has 0 spiro atoms. The molecule has 0 aliphatic heterocycles. The van der Waals surface area contributed by atoms with Crippen LogP contribution in [0.5, 0.6) is 5.88 Å². The molecule has 2 rings (SSSR count). The lowest BCUT2D eigenvalue weighted by molar-refractivity contribution is 0.398. The third kappa shape index (κ3) is 2.97. The first kappa shape index (κ1) is 12.4. The molecule has 0 unspecified atom stereocenters. The van der Waals surface area contributed by atoms with E-state index in [0.717, 1.165) is 30.0 Å². The van der Waals surface area contributed by atoms with Crippen LogP contribution in [0.15, 0.2) is 36.5 Å². The number of aromatic nitrogens is 2. The fourth-order valence-electron chi connectivity index (χ4n) is 1.63. The van der Waals surface area contributed by atoms with Gasteiger partial charge in [-0.1, -0.05) is 13.0 Å². The maximum atomic E-state index is 5.12. The molecule has 18 heavy (non-hydrogen) atoms. The van der Waals surface area contributed by atoms with Crippen LogP contribution < -0.4 is 10.1 Å². The Bertz CT molecular complexity index is 514. The zero-order valence-corrected chi connectivity index (χ0v) is 10.7. The van der Waals surface area contributed by atoms with Crippen LogP contribution in [-0.2, 0) is 0 Å². The number of methoxy groups -OCH3 is 1. The lowest BCUT2D eigenvalue weighted by Gasteiger charge is -2.07. The Morgan fingerprint density at radius 3 is 2.94 bits per heavy atom. The normalized spacial score (nSPS) is 10.1. The van der Waals surface area contributed by atoms with Gasteiger partial charge < -0.3 is 10.1 Å². The van der Waals surface area contributed by atoms with Crippen molar-refractivity contribution in [3.63, 3.8) is 0 Å².